The highest BCUT2D eigenvalue weighted by atomic mass is 32.2. The zero-order valence-electron chi connectivity index (χ0n) is 14.1. The first-order valence-corrected chi connectivity index (χ1v) is 8.87. The fourth-order valence-corrected chi connectivity index (χ4v) is 3.12. The van der Waals surface area contributed by atoms with E-state index < -0.39 is 5.25 Å². The summed E-state index contributed by atoms with van der Waals surface area (Å²) in [5.41, 5.74) is 1.54. The molecule has 0 aliphatic carbocycles. The van der Waals surface area contributed by atoms with Gasteiger partial charge in [0.15, 0.2) is 5.82 Å². The van der Waals surface area contributed by atoms with Crippen molar-refractivity contribution < 1.29 is 9.18 Å². The third-order valence-electron chi connectivity index (χ3n) is 3.71. The quantitative estimate of drug-likeness (QED) is 0.514. The normalized spacial score (nSPS) is 11.9. The molecule has 0 fully saturated rings. The Hall–Kier alpha value is -2.87. The molecule has 0 spiro atoms. The molecule has 1 aromatic heterocycles. The molecular formula is C18H18FN5OS. The van der Waals surface area contributed by atoms with Crippen LogP contribution in [0.1, 0.15) is 12.5 Å². The molecule has 2 aromatic carbocycles. The lowest BCUT2D eigenvalue weighted by atomic mass is 10.2. The number of carbonyl (C=O) groups is 1. The minimum absolute atomic E-state index is 0.130. The maximum Gasteiger partial charge on any atom is 0.233 e. The van der Waals surface area contributed by atoms with Crippen LogP contribution in [0.3, 0.4) is 0 Å². The molecule has 0 aliphatic rings. The second-order valence-electron chi connectivity index (χ2n) is 5.65. The molecule has 3 aromatic rings. The second-order valence-corrected chi connectivity index (χ2v) is 6.96. The van der Waals surface area contributed by atoms with Crippen molar-refractivity contribution in [3.63, 3.8) is 0 Å². The van der Waals surface area contributed by atoms with Gasteiger partial charge in [0.2, 0.25) is 11.1 Å². The van der Waals surface area contributed by atoms with Crippen molar-refractivity contribution in [3.8, 4) is 11.4 Å². The smallest absolute Gasteiger partial charge is 0.233 e. The van der Waals surface area contributed by atoms with Gasteiger partial charge in [-0.15, -0.1) is 10.2 Å². The zero-order valence-corrected chi connectivity index (χ0v) is 14.9. The second kappa shape index (κ2) is 8.01. The van der Waals surface area contributed by atoms with E-state index in [1.165, 1.54) is 28.6 Å². The lowest BCUT2D eigenvalue weighted by molar-refractivity contribution is -0.120. The van der Waals surface area contributed by atoms with E-state index >= 15 is 0 Å². The van der Waals surface area contributed by atoms with Gasteiger partial charge in [0.1, 0.15) is 5.82 Å². The number of hydrogen-bond donors (Lipinski definition) is 2. The maximum atomic E-state index is 13.4. The number of nitrogens with one attached hydrogen (secondary N) is 1. The van der Waals surface area contributed by atoms with Gasteiger partial charge in [-0.05, 0) is 24.6 Å². The number of thioether (sulfide) groups is 1. The SMILES string of the molecule is C[C@H](Sc1nnc(-c2cccc(F)c2)n1N)C(=O)NCc1ccccc1. The van der Waals surface area contributed by atoms with Crippen LogP contribution in [0.2, 0.25) is 0 Å². The van der Waals surface area contributed by atoms with E-state index in [2.05, 4.69) is 15.5 Å². The summed E-state index contributed by atoms with van der Waals surface area (Å²) in [5, 5.41) is 10.9. The highest BCUT2D eigenvalue weighted by Crippen LogP contribution is 2.25. The van der Waals surface area contributed by atoms with E-state index in [1.807, 2.05) is 30.3 Å². The van der Waals surface area contributed by atoms with Crippen LogP contribution in [0.15, 0.2) is 59.8 Å². The number of hydrogen-bond acceptors (Lipinski definition) is 5. The summed E-state index contributed by atoms with van der Waals surface area (Å²) in [7, 11) is 0. The molecule has 0 radical (unpaired) electrons. The van der Waals surface area contributed by atoms with Crippen molar-refractivity contribution in [2.75, 3.05) is 5.84 Å². The van der Waals surface area contributed by atoms with E-state index in [1.54, 1.807) is 19.1 Å². The molecule has 1 heterocycles. The predicted molar refractivity (Wildman–Crippen MR) is 99.2 cm³/mol. The summed E-state index contributed by atoms with van der Waals surface area (Å²) in [6.45, 7) is 2.22. The molecule has 3 N–H and O–H groups in total. The average Bonchev–Trinajstić information content (AvgIpc) is 3.01. The van der Waals surface area contributed by atoms with Gasteiger partial charge < -0.3 is 11.2 Å². The van der Waals surface area contributed by atoms with Crippen LogP contribution in [0.4, 0.5) is 4.39 Å². The number of benzene rings is 2. The Morgan fingerprint density at radius 3 is 2.73 bits per heavy atom. The van der Waals surface area contributed by atoms with E-state index in [9.17, 15) is 9.18 Å². The van der Waals surface area contributed by atoms with Gasteiger partial charge in [0.25, 0.3) is 0 Å². The van der Waals surface area contributed by atoms with Gasteiger partial charge >= 0.3 is 0 Å². The molecule has 0 bridgehead atoms. The molecule has 0 saturated heterocycles. The van der Waals surface area contributed by atoms with Crippen LogP contribution in [0, 0.1) is 5.82 Å². The molecule has 134 valence electrons. The first-order chi connectivity index (χ1) is 12.5. The number of halogens is 1. The van der Waals surface area contributed by atoms with Crippen LogP contribution in [0.5, 0.6) is 0 Å². The minimum Gasteiger partial charge on any atom is -0.351 e. The Morgan fingerprint density at radius 1 is 1.23 bits per heavy atom. The summed E-state index contributed by atoms with van der Waals surface area (Å²) >= 11 is 1.19. The van der Waals surface area contributed by atoms with E-state index in [0.717, 1.165) is 5.56 Å². The number of aromatic nitrogens is 3. The van der Waals surface area contributed by atoms with Gasteiger partial charge in [-0.25, -0.2) is 9.07 Å². The molecule has 0 unspecified atom stereocenters. The fraction of sp³-hybridized carbons (Fsp3) is 0.167. The average molecular weight is 371 g/mol. The molecule has 0 aliphatic heterocycles. The first kappa shape index (κ1) is 17.9. The monoisotopic (exact) mass is 371 g/mol. The van der Waals surface area contributed by atoms with Crippen molar-refractivity contribution in [3.05, 3.63) is 66.0 Å². The van der Waals surface area contributed by atoms with E-state index in [4.69, 9.17) is 5.84 Å². The first-order valence-electron chi connectivity index (χ1n) is 7.99. The highest BCUT2D eigenvalue weighted by Gasteiger charge is 2.20. The molecule has 1 amide bonds. The van der Waals surface area contributed by atoms with Crippen LogP contribution in [-0.4, -0.2) is 26.0 Å². The summed E-state index contributed by atoms with van der Waals surface area (Å²) in [6, 6.07) is 15.6. The molecule has 6 nitrogen and oxygen atoms in total. The van der Waals surface area contributed by atoms with Crippen molar-refractivity contribution >= 4 is 17.7 Å². The number of nitrogen functional groups attached to an aromatic ring is 1. The fourth-order valence-electron chi connectivity index (χ4n) is 2.32. The highest BCUT2D eigenvalue weighted by molar-refractivity contribution is 8.00. The standard InChI is InChI=1S/C18H18FN5OS/c1-12(17(25)21-11-13-6-3-2-4-7-13)26-18-23-22-16(24(18)20)14-8-5-9-15(19)10-14/h2-10,12H,11,20H2,1H3,(H,21,25)/t12-/m0/s1. The lowest BCUT2D eigenvalue weighted by Crippen LogP contribution is -2.30. The van der Waals surface area contributed by atoms with Gasteiger partial charge in [-0.2, -0.15) is 0 Å². The lowest BCUT2D eigenvalue weighted by Gasteiger charge is -2.11. The largest absolute Gasteiger partial charge is 0.351 e. The van der Waals surface area contributed by atoms with Crippen molar-refractivity contribution in [2.45, 2.75) is 23.9 Å². The Morgan fingerprint density at radius 2 is 2.00 bits per heavy atom. The van der Waals surface area contributed by atoms with Crippen molar-refractivity contribution in [1.82, 2.24) is 20.2 Å². The number of nitrogens with two attached hydrogens (primary N) is 1. The summed E-state index contributed by atoms with van der Waals surface area (Å²) < 4.78 is 14.6. The Labute approximate surface area is 154 Å². The van der Waals surface area contributed by atoms with Gasteiger partial charge in [0.05, 0.1) is 5.25 Å². The number of amides is 1. The topological polar surface area (TPSA) is 85.8 Å². The van der Waals surface area contributed by atoms with Crippen molar-refractivity contribution in [2.24, 2.45) is 0 Å². The molecule has 8 heteroatoms. The van der Waals surface area contributed by atoms with Crippen LogP contribution >= 0.6 is 11.8 Å². The third kappa shape index (κ3) is 4.20. The van der Waals surface area contributed by atoms with Crippen LogP contribution < -0.4 is 11.2 Å². The number of rotatable bonds is 6. The Balaban J connectivity index is 1.64. The molecule has 0 saturated carbocycles. The van der Waals surface area contributed by atoms with E-state index in [0.29, 0.717) is 23.1 Å². The summed E-state index contributed by atoms with van der Waals surface area (Å²) in [4.78, 5) is 12.3. The molecule has 26 heavy (non-hydrogen) atoms. The molecule has 3 rings (SSSR count). The molecule has 1 atom stereocenters. The minimum atomic E-state index is -0.412. The van der Waals surface area contributed by atoms with Crippen LogP contribution in [-0.2, 0) is 11.3 Å². The van der Waals surface area contributed by atoms with E-state index in [-0.39, 0.29) is 11.7 Å². The van der Waals surface area contributed by atoms with Crippen LogP contribution in [0.25, 0.3) is 11.4 Å². The Bertz CT molecular complexity index is 900. The number of nitrogens with zero attached hydrogens (tertiary/aromatic N) is 3. The predicted octanol–water partition coefficient (Wildman–Crippen LogP) is 2.60. The van der Waals surface area contributed by atoms with Gasteiger partial charge in [-0.1, -0.05) is 54.2 Å². The Kier molecular flexibility index (Phi) is 5.52. The number of carbonyl (C=O) groups excluding carboxylic acids is 1. The summed E-state index contributed by atoms with van der Waals surface area (Å²) in [5.74, 6) is 5.84. The third-order valence-corrected chi connectivity index (χ3v) is 4.77. The maximum absolute atomic E-state index is 13.4. The van der Waals surface area contributed by atoms with Crippen molar-refractivity contribution in [1.29, 1.82) is 0 Å². The summed E-state index contributed by atoms with van der Waals surface area (Å²) in [6.07, 6.45) is 0. The van der Waals surface area contributed by atoms with Gasteiger partial charge in [-0.3, -0.25) is 4.79 Å². The van der Waals surface area contributed by atoms with Gasteiger partial charge in [0, 0.05) is 12.1 Å². The molecular weight excluding hydrogens is 353 g/mol. The zero-order chi connectivity index (χ0) is 18.5.